The summed E-state index contributed by atoms with van der Waals surface area (Å²) in [5, 5.41) is 3.36. The molecule has 6 nitrogen and oxygen atoms in total. The van der Waals surface area contributed by atoms with Crippen LogP contribution in [0.25, 0.3) is 10.1 Å². The highest BCUT2D eigenvalue weighted by molar-refractivity contribution is 7.21. The zero-order valence-corrected chi connectivity index (χ0v) is 17.2. The number of nitrogens with one attached hydrogen (secondary N) is 1. The molecule has 2 amide bonds. The molecule has 1 fully saturated rings. The number of ether oxygens (including phenoxy) is 1. The van der Waals surface area contributed by atoms with Crippen molar-refractivity contribution in [1.29, 1.82) is 0 Å². The van der Waals surface area contributed by atoms with Gasteiger partial charge in [0, 0.05) is 34.4 Å². The molecule has 1 aromatic heterocycles. The molecule has 0 bridgehead atoms. The van der Waals surface area contributed by atoms with Crippen molar-refractivity contribution in [3.05, 3.63) is 58.2 Å². The van der Waals surface area contributed by atoms with E-state index >= 15 is 0 Å². The van der Waals surface area contributed by atoms with Gasteiger partial charge in [-0.2, -0.15) is 0 Å². The first-order valence-corrected chi connectivity index (χ1v) is 10.4. The maximum absolute atomic E-state index is 13.4. The van der Waals surface area contributed by atoms with Crippen LogP contribution in [0.3, 0.4) is 0 Å². The van der Waals surface area contributed by atoms with Crippen LogP contribution in [0.2, 0.25) is 5.02 Å². The van der Waals surface area contributed by atoms with Crippen molar-refractivity contribution >= 4 is 62.2 Å². The highest BCUT2D eigenvalue weighted by Gasteiger charge is 2.22. The molecular weight excluding hydrogens is 431 g/mol. The lowest BCUT2D eigenvalue weighted by Crippen LogP contribution is -2.24. The number of hydrogen-bond acceptors (Lipinski definition) is 5. The van der Waals surface area contributed by atoms with Crippen molar-refractivity contribution in [3.8, 4) is 0 Å². The number of thiophene rings is 1. The molecule has 2 aromatic carbocycles. The van der Waals surface area contributed by atoms with E-state index in [2.05, 4.69) is 5.32 Å². The summed E-state index contributed by atoms with van der Waals surface area (Å²) in [7, 11) is 0. The van der Waals surface area contributed by atoms with Gasteiger partial charge in [-0.05, 0) is 42.8 Å². The molecule has 0 radical (unpaired) electrons. The summed E-state index contributed by atoms with van der Waals surface area (Å²) >= 11 is 7.20. The fraction of sp³-hybridized carbons (Fsp3) is 0.190. The first-order chi connectivity index (χ1) is 14.4. The molecule has 154 valence electrons. The fourth-order valence-electron chi connectivity index (χ4n) is 3.24. The van der Waals surface area contributed by atoms with E-state index in [-0.39, 0.29) is 15.8 Å². The van der Waals surface area contributed by atoms with Crippen molar-refractivity contribution < 1.29 is 23.5 Å². The van der Waals surface area contributed by atoms with Crippen LogP contribution in [-0.2, 0) is 14.3 Å². The second kappa shape index (κ2) is 8.41. The Morgan fingerprint density at radius 1 is 1.23 bits per heavy atom. The van der Waals surface area contributed by atoms with Crippen LogP contribution >= 0.6 is 22.9 Å². The molecular formula is C21H16ClFN2O4S. The number of esters is 1. The third kappa shape index (κ3) is 4.15. The van der Waals surface area contributed by atoms with Crippen molar-refractivity contribution in [2.24, 2.45) is 0 Å². The van der Waals surface area contributed by atoms with Crippen LogP contribution in [0.1, 0.15) is 22.5 Å². The summed E-state index contributed by atoms with van der Waals surface area (Å²) in [4.78, 5) is 38.2. The van der Waals surface area contributed by atoms with E-state index in [0.717, 1.165) is 17.8 Å². The Hall–Kier alpha value is -2.97. The normalized spacial score (nSPS) is 13.7. The van der Waals surface area contributed by atoms with E-state index in [0.29, 0.717) is 34.4 Å². The van der Waals surface area contributed by atoms with Gasteiger partial charge in [0.1, 0.15) is 10.7 Å². The molecule has 2 heterocycles. The fourth-order valence-corrected chi connectivity index (χ4v) is 4.66. The first-order valence-electron chi connectivity index (χ1n) is 9.17. The van der Waals surface area contributed by atoms with E-state index in [1.165, 1.54) is 18.2 Å². The highest BCUT2D eigenvalue weighted by atomic mass is 35.5. The van der Waals surface area contributed by atoms with E-state index in [4.69, 9.17) is 16.3 Å². The van der Waals surface area contributed by atoms with Crippen molar-refractivity contribution in [2.75, 3.05) is 23.4 Å². The average Bonchev–Trinajstić information content (AvgIpc) is 3.29. The van der Waals surface area contributed by atoms with Gasteiger partial charge in [0.25, 0.3) is 5.91 Å². The van der Waals surface area contributed by atoms with Gasteiger partial charge >= 0.3 is 5.97 Å². The highest BCUT2D eigenvalue weighted by Crippen LogP contribution is 2.36. The number of nitrogens with zero attached hydrogens (tertiary/aromatic N) is 1. The van der Waals surface area contributed by atoms with Crippen molar-refractivity contribution in [1.82, 2.24) is 0 Å². The molecule has 0 atom stereocenters. The van der Waals surface area contributed by atoms with Gasteiger partial charge in [-0.15, -0.1) is 11.3 Å². The second-order valence-corrected chi connectivity index (χ2v) is 8.14. The van der Waals surface area contributed by atoms with Gasteiger partial charge in [0.15, 0.2) is 6.61 Å². The first kappa shape index (κ1) is 20.3. The Bertz CT molecular complexity index is 1160. The lowest BCUT2D eigenvalue weighted by atomic mass is 10.2. The lowest BCUT2D eigenvalue weighted by Gasteiger charge is -2.16. The largest absolute Gasteiger partial charge is 0.451 e. The molecule has 1 aliphatic heterocycles. The van der Waals surface area contributed by atoms with Gasteiger partial charge in [-0.3, -0.25) is 9.59 Å². The zero-order chi connectivity index (χ0) is 21.3. The zero-order valence-electron chi connectivity index (χ0n) is 15.6. The Kier molecular flexibility index (Phi) is 5.69. The molecule has 3 aromatic rings. The average molecular weight is 447 g/mol. The summed E-state index contributed by atoms with van der Waals surface area (Å²) in [6.45, 7) is 0.137. The number of amides is 2. The SMILES string of the molecule is O=C(COC(=O)c1sc2cc(F)ccc2c1Cl)Nc1cccc(N2CCCC2=O)c1. The van der Waals surface area contributed by atoms with Gasteiger partial charge in [-0.1, -0.05) is 17.7 Å². The summed E-state index contributed by atoms with van der Waals surface area (Å²) in [5.41, 5.74) is 1.19. The Morgan fingerprint density at radius 2 is 2.07 bits per heavy atom. The lowest BCUT2D eigenvalue weighted by molar-refractivity contribution is -0.119. The minimum atomic E-state index is -0.756. The molecule has 30 heavy (non-hydrogen) atoms. The minimum absolute atomic E-state index is 0.0486. The topological polar surface area (TPSA) is 75.7 Å². The molecule has 0 unspecified atom stereocenters. The number of rotatable bonds is 5. The van der Waals surface area contributed by atoms with E-state index in [1.807, 2.05) is 0 Å². The molecule has 1 N–H and O–H groups in total. The third-order valence-electron chi connectivity index (χ3n) is 4.63. The van der Waals surface area contributed by atoms with Crippen molar-refractivity contribution in [2.45, 2.75) is 12.8 Å². The minimum Gasteiger partial charge on any atom is -0.451 e. The smallest absolute Gasteiger partial charge is 0.350 e. The number of carbonyl (C=O) groups is 3. The van der Waals surface area contributed by atoms with E-state index < -0.39 is 24.3 Å². The molecule has 9 heteroatoms. The molecule has 1 saturated heterocycles. The van der Waals surface area contributed by atoms with Crippen LogP contribution in [0, 0.1) is 5.82 Å². The molecule has 0 aliphatic carbocycles. The maximum atomic E-state index is 13.4. The van der Waals surface area contributed by atoms with Crippen LogP contribution in [0.15, 0.2) is 42.5 Å². The number of fused-ring (bicyclic) bond motifs is 1. The molecule has 0 spiro atoms. The predicted molar refractivity (Wildman–Crippen MR) is 114 cm³/mol. The summed E-state index contributed by atoms with van der Waals surface area (Å²) in [6, 6.07) is 10.9. The second-order valence-electron chi connectivity index (χ2n) is 6.71. The number of benzene rings is 2. The number of anilines is 2. The third-order valence-corrected chi connectivity index (χ3v) is 6.26. The van der Waals surface area contributed by atoms with Gasteiger partial charge in [-0.25, -0.2) is 9.18 Å². The Labute approximate surface area is 180 Å². The van der Waals surface area contributed by atoms with Crippen LogP contribution in [0.4, 0.5) is 15.8 Å². The van der Waals surface area contributed by atoms with E-state index in [1.54, 1.807) is 29.2 Å². The van der Waals surface area contributed by atoms with Gasteiger partial charge < -0.3 is 15.0 Å². The number of hydrogen-bond donors (Lipinski definition) is 1. The summed E-state index contributed by atoms with van der Waals surface area (Å²) in [5.74, 6) is -1.67. The number of halogens is 2. The predicted octanol–water partition coefficient (Wildman–Crippen LogP) is 4.62. The maximum Gasteiger partial charge on any atom is 0.350 e. The molecule has 4 rings (SSSR count). The summed E-state index contributed by atoms with van der Waals surface area (Å²) < 4.78 is 18.9. The molecule has 1 aliphatic rings. The Balaban J connectivity index is 1.39. The number of carbonyl (C=O) groups excluding carboxylic acids is 3. The van der Waals surface area contributed by atoms with Gasteiger partial charge in [0.2, 0.25) is 5.91 Å². The summed E-state index contributed by atoms with van der Waals surface area (Å²) in [6.07, 6.45) is 1.32. The van der Waals surface area contributed by atoms with E-state index in [9.17, 15) is 18.8 Å². The Morgan fingerprint density at radius 3 is 2.83 bits per heavy atom. The monoisotopic (exact) mass is 446 g/mol. The van der Waals surface area contributed by atoms with Crippen molar-refractivity contribution in [3.63, 3.8) is 0 Å². The molecule has 0 saturated carbocycles. The van der Waals surface area contributed by atoms with Gasteiger partial charge in [0.05, 0.1) is 5.02 Å². The quantitative estimate of drug-likeness (QED) is 0.580. The van der Waals surface area contributed by atoms with Crippen LogP contribution < -0.4 is 10.2 Å². The standard InChI is InChI=1S/C21H16ClFN2O4S/c22-19-15-7-6-12(23)9-16(15)30-20(19)21(28)29-11-17(26)24-13-3-1-4-14(10-13)25-8-2-5-18(25)27/h1,3-4,6-7,9-10H,2,5,8,11H2,(H,24,26). The van der Waals surface area contributed by atoms with Crippen LogP contribution in [-0.4, -0.2) is 30.9 Å². The van der Waals surface area contributed by atoms with Crippen LogP contribution in [0.5, 0.6) is 0 Å².